The van der Waals surface area contributed by atoms with Gasteiger partial charge in [-0.05, 0) is 206 Å². The van der Waals surface area contributed by atoms with Gasteiger partial charge in [-0.3, -0.25) is 48.4 Å². The molecule has 125 heavy (non-hydrogen) atoms. The summed E-state index contributed by atoms with van der Waals surface area (Å²) in [5.41, 5.74) is 22.7. The van der Waals surface area contributed by atoms with Gasteiger partial charge in [0.15, 0.2) is 0 Å². The Bertz CT molecular complexity index is 6150. The predicted molar refractivity (Wildman–Crippen MR) is 484 cm³/mol. The zero-order valence-electron chi connectivity index (χ0n) is 74.4. The number of rotatable bonds is 23. The Kier molecular flexibility index (Phi) is 28.3. The summed E-state index contributed by atoms with van der Waals surface area (Å²) in [5, 5.41) is 8.99. The third-order valence-electron chi connectivity index (χ3n) is 25.0. The van der Waals surface area contributed by atoms with Crippen molar-refractivity contribution in [2.75, 3.05) is 127 Å². The zero-order chi connectivity index (χ0) is 88.6. The van der Waals surface area contributed by atoms with Crippen LogP contribution >= 0.6 is 0 Å². The number of hydrogen-bond acceptors (Lipinski definition) is 17. The highest BCUT2D eigenvalue weighted by molar-refractivity contribution is 5.99. The molecule has 12 aromatic rings. The number of morpholine rings is 4. The number of aryl methyl sites for hydroxylation is 6. The number of methoxy groups -OCH3 is 3. The van der Waals surface area contributed by atoms with Crippen molar-refractivity contribution in [2.24, 2.45) is 0 Å². The maximum Gasteiger partial charge on any atom is 0.253 e. The van der Waals surface area contributed by atoms with E-state index in [1.807, 2.05) is 129 Å². The van der Waals surface area contributed by atoms with Crippen molar-refractivity contribution in [3.8, 4) is 50.6 Å². The van der Waals surface area contributed by atoms with Gasteiger partial charge < -0.3 is 77.3 Å². The van der Waals surface area contributed by atoms with Gasteiger partial charge in [0, 0.05) is 239 Å². The van der Waals surface area contributed by atoms with Crippen molar-refractivity contribution in [1.82, 2.24) is 63.7 Å². The normalized spacial score (nSPS) is 15.6. The maximum absolute atomic E-state index is 15.0. The van der Waals surface area contributed by atoms with E-state index in [2.05, 4.69) is 133 Å². The van der Waals surface area contributed by atoms with Crippen LogP contribution in [0.2, 0.25) is 0 Å². The Morgan fingerprint density at radius 1 is 0.400 bits per heavy atom. The van der Waals surface area contributed by atoms with Gasteiger partial charge in [0.2, 0.25) is 0 Å². The molecule has 4 aliphatic heterocycles. The summed E-state index contributed by atoms with van der Waals surface area (Å²) < 4.78 is 60.1. The highest BCUT2D eigenvalue weighted by Crippen LogP contribution is 2.40. The van der Waals surface area contributed by atoms with Crippen molar-refractivity contribution in [1.29, 1.82) is 0 Å². The summed E-state index contributed by atoms with van der Waals surface area (Å²) in [7, 11) is 4.78. The topological polar surface area (TPSA) is 277 Å². The van der Waals surface area contributed by atoms with E-state index in [-0.39, 0.29) is 78.0 Å². The zero-order valence-corrected chi connectivity index (χ0v) is 74.4. The second-order valence-corrected chi connectivity index (χ2v) is 33.1. The van der Waals surface area contributed by atoms with Crippen molar-refractivity contribution in [3.63, 3.8) is 0 Å². The lowest BCUT2D eigenvalue weighted by Gasteiger charge is -2.34. The highest BCUT2D eigenvalue weighted by Gasteiger charge is 2.31. The minimum Gasteiger partial charge on any atom is -0.497 e. The lowest BCUT2D eigenvalue weighted by molar-refractivity contribution is 0.0187. The first-order chi connectivity index (χ1) is 60.2. The fourth-order valence-corrected chi connectivity index (χ4v) is 18.0. The summed E-state index contributed by atoms with van der Waals surface area (Å²) >= 11 is 0. The number of hydrogen-bond donors (Lipinski definition) is 6. The predicted octanol–water partition coefficient (Wildman–Crippen LogP) is 13.6. The molecule has 6 N–H and O–H groups in total. The molecule has 3 aromatic carbocycles. The molecule has 0 aliphatic carbocycles. The molecule has 658 valence electrons. The van der Waals surface area contributed by atoms with Crippen LogP contribution in [-0.4, -0.2) is 192 Å². The minimum absolute atomic E-state index is 0.0256. The average molecular weight is 1700 g/mol. The first kappa shape index (κ1) is 89.5. The maximum atomic E-state index is 15.0. The number of carbonyl (C=O) groups is 3. The smallest absolute Gasteiger partial charge is 0.253 e. The van der Waals surface area contributed by atoms with Gasteiger partial charge in [0.05, 0.1) is 74.2 Å². The Labute approximate surface area is 727 Å². The minimum atomic E-state index is -0.383. The van der Waals surface area contributed by atoms with E-state index in [1.165, 1.54) is 18.7 Å². The molecule has 26 nitrogen and oxygen atoms in total. The molecule has 0 radical (unpaired) electrons. The number of ether oxygens (including phenoxy) is 7. The van der Waals surface area contributed by atoms with Gasteiger partial charge in [0.25, 0.3) is 34.4 Å². The van der Waals surface area contributed by atoms with E-state index in [0.717, 1.165) is 178 Å². The van der Waals surface area contributed by atoms with Crippen molar-refractivity contribution < 1.29 is 51.9 Å². The van der Waals surface area contributed by atoms with Gasteiger partial charge in [-0.2, -0.15) is 0 Å². The fraction of sp³-hybridized carbons (Fsp3) is 0.388. The quantitative estimate of drug-likeness (QED) is 0.0347. The van der Waals surface area contributed by atoms with Crippen molar-refractivity contribution in [2.45, 2.75) is 127 Å². The van der Waals surface area contributed by atoms with Gasteiger partial charge in [0.1, 0.15) is 23.1 Å². The number of benzene rings is 3. The monoisotopic (exact) mass is 1700 g/mol. The third kappa shape index (κ3) is 20.0. The summed E-state index contributed by atoms with van der Waals surface area (Å²) in [4.78, 5) is 96.7. The fourth-order valence-electron chi connectivity index (χ4n) is 18.0. The number of aromatic amines is 3. The Morgan fingerprint density at radius 3 is 1.09 bits per heavy atom. The van der Waals surface area contributed by atoms with E-state index < -0.39 is 0 Å². The van der Waals surface area contributed by atoms with Gasteiger partial charge >= 0.3 is 0 Å². The molecule has 3 unspecified atom stereocenters. The number of carbonyl (C=O) groups excluding carboxylic acids is 3. The molecular weight excluding hydrogens is 1590 g/mol. The molecule has 9 aromatic heterocycles. The number of halogens is 1. The van der Waals surface area contributed by atoms with Gasteiger partial charge in [-0.15, -0.1) is 0 Å². The molecule has 3 amide bonds. The van der Waals surface area contributed by atoms with E-state index in [0.29, 0.717) is 101 Å². The van der Waals surface area contributed by atoms with Crippen LogP contribution in [0.5, 0.6) is 17.2 Å². The lowest BCUT2D eigenvalue weighted by atomic mass is 10.0. The Morgan fingerprint density at radius 2 is 0.736 bits per heavy atom. The van der Waals surface area contributed by atoms with Crippen LogP contribution < -0.4 is 46.8 Å². The summed E-state index contributed by atoms with van der Waals surface area (Å²) in [6.45, 7) is 37.5. The summed E-state index contributed by atoms with van der Waals surface area (Å²) in [6, 6.07) is 37.1. The lowest BCUT2D eigenvalue weighted by Crippen LogP contribution is -2.39. The largest absolute Gasteiger partial charge is 0.497 e. The molecule has 4 saturated heterocycles. The second kappa shape index (κ2) is 39.6. The Hall–Kier alpha value is -11.8. The summed E-state index contributed by atoms with van der Waals surface area (Å²) in [6.07, 6.45) is 6.23. The number of aromatic nitrogens is 6. The van der Waals surface area contributed by atoms with Crippen LogP contribution in [0, 0.1) is 68.1 Å². The molecular formula is C98H116FN13O13. The molecule has 0 saturated carbocycles. The van der Waals surface area contributed by atoms with E-state index in [4.69, 9.17) is 33.2 Å². The molecule has 27 heteroatoms. The number of pyridine rings is 6. The Balaban J connectivity index is 0.000000153. The van der Waals surface area contributed by atoms with Crippen LogP contribution in [0.3, 0.4) is 0 Å². The molecule has 0 bridgehead atoms. The third-order valence-corrected chi connectivity index (χ3v) is 25.0. The van der Waals surface area contributed by atoms with Crippen molar-refractivity contribution in [3.05, 3.63) is 277 Å². The number of H-pyrrole nitrogens is 3. The number of nitrogens with zero attached hydrogens (tertiary/aromatic N) is 7. The molecule has 13 heterocycles. The molecule has 4 fully saturated rings. The summed E-state index contributed by atoms with van der Waals surface area (Å²) in [5.74, 6) is 0.813. The van der Waals surface area contributed by atoms with Gasteiger partial charge in [-0.25, -0.2) is 4.39 Å². The number of amides is 3. The van der Waals surface area contributed by atoms with Crippen LogP contribution in [0.4, 0.5) is 4.39 Å². The first-order valence-electron chi connectivity index (χ1n) is 43.0. The number of fused-ring (bicyclic) bond motifs is 3. The van der Waals surface area contributed by atoms with Crippen molar-refractivity contribution >= 4 is 34.3 Å². The first-order valence-corrected chi connectivity index (χ1v) is 43.0. The van der Waals surface area contributed by atoms with E-state index in [1.54, 1.807) is 26.4 Å². The molecule has 3 atom stereocenters. The van der Waals surface area contributed by atoms with Crippen LogP contribution in [-0.2, 0) is 45.1 Å². The van der Waals surface area contributed by atoms with Crippen LogP contribution in [0.25, 0.3) is 49.9 Å². The van der Waals surface area contributed by atoms with Crippen LogP contribution in [0.15, 0.2) is 148 Å². The molecule has 16 rings (SSSR count). The van der Waals surface area contributed by atoms with Gasteiger partial charge in [-0.1, -0.05) is 24.3 Å². The molecule has 0 spiro atoms. The second-order valence-electron chi connectivity index (χ2n) is 33.1. The van der Waals surface area contributed by atoms with Crippen LogP contribution in [0.1, 0.15) is 160 Å². The SMILES string of the molecule is COc1ccc(-c2cc3cc(C(=O)NCc4c(C)cc(C)[nH]c4=O)c(C)c(C(C)N4CCOCC4)n3c2)c(F)c1.COc1ccc(-c2cc3cc(C(=O)NCc4c(C)cc(C)[nH]c4=O)c(C)c(C(C)N4CCOCC4)n3c2)c(OC)c1.Cc1cc(C)c(CNC(=O)c2cc3cc(-c4ccc(CN5CCOCC5)cc4)cn3c(C(C)N3CCOCC3)c2C)c(=O)[nH]1. The standard InChI is InChI=1S/C35H43N5O4.C32H38N4O5.C31H35FN4O4/c1-23-17-24(2)37-35(42)32(23)20-36-34(41)31-19-30-18-29(28-7-5-27(6-8-28)21-38-9-13-43-14-10-38)22-40(30)33(25(31)3)26(4)39-11-15-44-16-12-39;1-19-13-20(2)34-32(38)28(19)17-33-31(37)27-15-24-14-23(26-8-7-25(39-5)16-29(26)40-6)18-36(24)30(21(27)3)22(4)35-9-11-41-12-10-35;1-18-12-19(2)34-31(38)27(18)16-33-30(37)26-14-23-13-22(25-7-6-24(39-5)15-28(25)32)17-36(23)29(20(26)3)21(4)35-8-10-40-11-9-35/h5-8,17-19,22,26H,9-16,20-21H2,1-4H3,(H,36,41)(H,37,42);7-8,13-16,18,22H,9-12,17H2,1-6H3,(H,33,37)(H,34,38);6-7,12-15,17,21H,8-11,16H2,1-5H3,(H,33,37)(H,34,38). The van der Waals surface area contributed by atoms with E-state index >= 15 is 4.39 Å². The highest BCUT2D eigenvalue weighted by atomic mass is 19.1. The average Bonchev–Trinajstić information content (AvgIpc) is 1.66. The molecule has 4 aliphatic rings. The van der Waals surface area contributed by atoms with E-state index in [9.17, 15) is 28.8 Å². The number of nitrogens with one attached hydrogen (secondary N) is 6.